The Morgan fingerprint density at radius 2 is 1.38 bits per heavy atom. The van der Waals surface area contributed by atoms with E-state index in [1.54, 1.807) is 13.8 Å². The van der Waals surface area contributed by atoms with Crippen LogP contribution in [0.15, 0.2) is 0 Å². The lowest BCUT2D eigenvalue weighted by Gasteiger charge is -2.30. The van der Waals surface area contributed by atoms with Crippen molar-refractivity contribution >= 4 is 19.4 Å². The molecule has 29 heavy (non-hydrogen) atoms. The van der Waals surface area contributed by atoms with Crippen molar-refractivity contribution in [1.82, 2.24) is 0 Å². The van der Waals surface area contributed by atoms with Crippen LogP contribution in [0.5, 0.6) is 0 Å². The summed E-state index contributed by atoms with van der Waals surface area (Å²) in [6.07, 6.45) is 0.671. The minimum absolute atomic E-state index is 0.0337. The normalized spacial score (nSPS) is 16.3. The molecule has 0 saturated heterocycles. The van der Waals surface area contributed by atoms with Gasteiger partial charge in [-0.05, 0) is 23.7 Å². The van der Waals surface area contributed by atoms with Crippen molar-refractivity contribution in [2.24, 2.45) is 16.2 Å². The van der Waals surface area contributed by atoms with E-state index < -0.39 is 25.1 Å². The van der Waals surface area contributed by atoms with Crippen molar-refractivity contribution in [2.75, 3.05) is 13.2 Å². The average molecular weight is 437 g/mol. The Hall–Kier alpha value is -0.590. The van der Waals surface area contributed by atoms with Gasteiger partial charge < -0.3 is 10.00 Å². The van der Waals surface area contributed by atoms with Gasteiger partial charge in [0.05, 0.1) is 13.2 Å². The van der Waals surface area contributed by atoms with E-state index in [2.05, 4.69) is 20.8 Å². The maximum atomic E-state index is 12.3. The van der Waals surface area contributed by atoms with Crippen LogP contribution in [-0.2, 0) is 23.2 Å². The first-order valence-corrected chi connectivity index (χ1v) is 11.7. The molecule has 2 N–H and O–H groups in total. The van der Waals surface area contributed by atoms with Gasteiger partial charge in [-0.15, -0.1) is 0 Å². The lowest BCUT2D eigenvalue weighted by atomic mass is 9.83. The van der Waals surface area contributed by atoms with Crippen LogP contribution in [0, 0.1) is 16.2 Å². The number of rotatable bonds is 13. The molecule has 0 bridgehead atoms. The predicted octanol–water partition coefficient (Wildman–Crippen LogP) is 4.69. The van der Waals surface area contributed by atoms with E-state index >= 15 is 0 Å². The van der Waals surface area contributed by atoms with E-state index in [1.807, 2.05) is 20.8 Å². The van der Waals surface area contributed by atoms with Crippen LogP contribution in [0.4, 0.5) is 0 Å². The topological polar surface area (TPSA) is 110 Å². The summed E-state index contributed by atoms with van der Waals surface area (Å²) in [5.74, 6) is -0.298. The third-order valence-electron chi connectivity index (χ3n) is 4.34. The van der Waals surface area contributed by atoms with E-state index in [0.29, 0.717) is 19.3 Å². The first-order valence-electron chi connectivity index (χ1n) is 10.2. The highest BCUT2D eigenvalue weighted by molar-refractivity contribution is 7.47. The molecule has 0 aliphatic heterocycles. The Labute approximate surface area is 176 Å². The third-order valence-corrected chi connectivity index (χ3v) is 5.25. The van der Waals surface area contributed by atoms with Gasteiger partial charge in [-0.2, -0.15) is 0 Å². The minimum Gasteiger partial charge on any atom is -0.385 e. The van der Waals surface area contributed by atoms with E-state index in [0.717, 1.165) is 6.42 Å². The van der Waals surface area contributed by atoms with Crippen molar-refractivity contribution in [3.8, 4) is 0 Å². The molecule has 0 heterocycles. The summed E-state index contributed by atoms with van der Waals surface area (Å²) in [5.41, 5.74) is -1.29. The number of carbonyl (C=O) groups is 2. The maximum absolute atomic E-state index is 12.3. The van der Waals surface area contributed by atoms with Gasteiger partial charge in [-0.3, -0.25) is 18.6 Å². The Balaban J connectivity index is 4.46. The van der Waals surface area contributed by atoms with Crippen LogP contribution >= 0.6 is 7.82 Å². The molecule has 8 heteroatoms. The quantitative estimate of drug-likeness (QED) is 0.403. The first-order chi connectivity index (χ1) is 12.8. The molecule has 0 radical (unpaired) electrons. The monoisotopic (exact) mass is 436 g/mol. The molecule has 0 aromatic carbocycles. The van der Waals surface area contributed by atoms with Gasteiger partial charge >= 0.3 is 7.82 Å². The van der Waals surface area contributed by atoms with Crippen LogP contribution in [0.25, 0.3) is 0 Å². The second-order valence-electron chi connectivity index (χ2n) is 10.9. The fourth-order valence-electron chi connectivity index (χ4n) is 2.31. The molecule has 0 aliphatic rings. The molecule has 0 aliphatic carbocycles. The third kappa shape index (κ3) is 14.1. The summed E-state index contributed by atoms with van der Waals surface area (Å²) in [5, 5.41) is 10.4. The Morgan fingerprint density at radius 3 is 1.86 bits per heavy atom. The lowest BCUT2D eigenvalue weighted by Crippen LogP contribution is -2.39. The van der Waals surface area contributed by atoms with E-state index in [9.17, 15) is 24.2 Å². The highest BCUT2D eigenvalue weighted by Crippen LogP contribution is 2.46. The van der Waals surface area contributed by atoms with E-state index in [4.69, 9.17) is 9.05 Å². The fourth-order valence-corrected chi connectivity index (χ4v) is 3.43. The average Bonchev–Trinajstić information content (AvgIpc) is 2.55. The highest BCUT2D eigenvalue weighted by atomic mass is 31.2. The van der Waals surface area contributed by atoms with Gasteiger partial charge in [-0.1, -0.05) is 55.4 Å². The molecule has 172 valence electrons. The summed E-state index contributed by atoms with van der Waals surface area (Å²) >= 11 is 0. The fraction of sp³-hybridized carbons (Fsp3) is 0.905. The Morgan fingerprint density at radius 1 is 0.862 bits per heavy atom. The number of phosphoric acid groups is 1. The van der Waals surface area contributed by atoms with Gasteiger partial charge in [-0.25, -0.2) is 4.57 Å². The number of hydrogen-bond donors (Lipinski definition) is 2. The molecule has 0 aromatic heterocycles. The van der Waals surface area contributed by atoms with Crippen molar-refractivity contribution in [3.05, 3.63) is 0 Å². The number of ketones is 2. The van der Waals surface area contributed by atoms with Crippen LogP contribution in [0.2, 0.25) is 0 Å². The van der Waals surface area contributed by atoms with Gasteiger partial charge in [0.25, 0.3) is 0 Å². The first kappa shape index (κ1) is 28.4. The molecule has 0 fully saturated rings. The van der Waals surface area contributed by atoms with E-state index in [-0.39, 0.29) is 36.2 Å². The maximum Gasteiger partial charge on any atom is 0.472 e. The lowest BCUT2D eigenvalue weighted by molar-refractivity contribution is -0.134. The molecule has 0 spiro atoms. The number of hydrogen-bond acceptors (Lipinski definition) is 6. The van der Waals surface area contributed by atoms with Crippen molar-refractivity contribution in [3.63, 3.8) is 0 Å². The summed E-state index contributed by atoms with van der Waals surface area (Å²) in [6, 6.07) is 0. The van der Waals surface area contributed by atoms with Gasteiger partial charge in [0, 0.05) is 24.7 Å². The molecule has 7 nitrogen and oxygen atoms in total. The van der Waals surface area contributed by atoms with Crippen LogP contribution in [-0.4, -0.2) is 40.9 Å². The number of aliphatic hydroxyl groups excluding tert-OH is 1. The molecule has 0 rings (SSSR count). The van der Waals surface area contributed by atoms with Gasteiger partial charge in [0.1, 0.15) is 11.9 Å². The Bertz CT molecular complexity index is 585. The Kier molecular flexibility index (Phi) is 10.9. The minimum atomic E-state index is -4.28. The summed E-state index contributed by atoms with van der Waals surface area (Å²) in [7, 11) is -4.28. The molecular weight excluding hydrogens is 395 g/mol. The van der Waals surface area contributed by atoms with Crippen molar-refractivity contribution in [1.29, 1.82) is 0 Å². The zero-order valence-corrected chi connectivity index (χ0v) is 20.3. The number of aliphatic hydroxyl groups is 1. The molecule has 2 unspecified atom stereocenters. The summed E-state index contributed by atoms with van der Waals surface area (Å²) in [4.78, 5) is 34.0. The molecular formula is C21H41O7P. The predicted molar refractivity (Wildman–Crippen MR) is 114 cm³/mol. The summed E-state index contributed by atoms with van der Waals surface area (Å²) in [6.45, 7) is 14.7. The number of carbonyl (C=O) groups excluding carboxylic acids is 2. The van der Waals surface area contributed by atoms with Crippen LogP contribution < -0.4 is 0 Å². The van der Waals surface area contributed by atoms with Crippen molar-refractivity contribution < 1.29 is 33.2 Å². The zero-order chi connectivity index (χ0) is 23.1. The molecule has 0 aromatic rings. The zero-order valence-electron chi connectivity index (χ0n) is 19.4. The SMILES string of the molecule is CC(C)(C)CCC(=O)CCCC(=O)C(O)C(C)(C)COP(=O)(O)OCC(C)(C)C. The second-order valence-corrected chi connectivity index (χ2v) is 12.3. The standard InChI is InChI=1S/C21H41O7P/c1-19(2,3)13-12-16(22)10-9-11-17(23)18(24)21(7,8)15-28-29(25,26)27-14-20(4,5)6/h18,24H,9-15H2,1-8H3,(H,25,26). The molecule has 2 atom stereocenters. The molecule has 0 amide bonds. The van der Waals surface area contributed by atoms with Crippen molar-refractivity contribution in [2.45, 2.75) is 93.6 Å². The largest absolute Gasteiger partial charge is 0.472 e. The van der Waals surface area contributed by atoms with Crippen LogP contribution in [0.3, 0.4) is 0 Å². The van der Waals surface area contributed by atoms with Gasteiger partial charge in [0.15, 0.2) is 5.78 Å². The number of Topliss-reactive ketones (excluding diaryl/α,β-unsaturated/α-hetero) is 2. The smallest absolute Gasteiger partial charge is 0.385 e. The van der Waals surface area contributed by atoms with Crippen LogP contribution in [0.1, 0.15) is 87.5 Å². The number of phosphoric ester groups is 1. The molecule has 0 saturated carbocycles. The second kappa shape index (κ2) is 11.1. The van der Waals surface area contributed by atoms with Gasteiger partial charge in [0.2, 0.25) is 0 Å². The highest BCUT2D eigenvalue weighted by Gasteiger charge is 2.36. The van der Waals surface area contributed by atoms with E-state index in [1.165, 1.54) is 0 Å². The summed E-state index contributed by atoms with van der Waals surface area (Å²) < 4.78 is 21.9.